The van der Waals surface area contributed by atoms with Crippen LogP contribution in [0.5, 0.6) is 0 Å². The maximum Gasteiger partial charge on any atom is 0.417 e. The second-order valence-corrected chi connectivity index (χ2v) is 7.14. The second-order valence-electron chi connectivity index (χ2n) is 7.14. The van der Waals surface area contributed by atoms with Crippen molar-refractivity contribution >= 4 is 28.6 Å². The summed E-state index contributed by atoms with van der Waals surface area (Å²) in [5, 5.41) is 9.97. The minimum absolute atomic E-state index is 0.184. The molecule has 164 valence electrons. The first kappa shape index (κ1) is 21.2. The number of nitrogens with zero attached hydrogens (tertiary/aromatic N) is 5. The van der Waals surface area contributed by atoms with Crippen molar-refractivity contribution in [1.29, 1.82) is 0 Å². The van der Waals surface area contributed by atoms with E-state index in [1.807, 2.05) is 13.0 Å². The number of carbonyl (C=O) groups excluding carboxylic acids is 1. The second kappa shape index (κ2) is 8.25. The van der Waals surface area contributed by atoms with E-state index in [1.165, 1.54) is 0 Å². The molecule has 3 aromatic heterocycles. The summed E-state index contributed by atoms with van der Waals surface area (Å²) in [4.78, 5) is 24.8. The van der Waals surface area contributed by atoms with E-state index in [2.05, 4.69) is 30.7 Å². The van der Waals surface area contributed by atoms with Crippen LogP contribution in [0.4, 0.5) is 24.7 Å². The average molecular weight is 441 g/mol. The Morgan fingerprint density at radius 1 is 1.12 bits per heavy atom. The molecule has 0 spiro atoms. The minimum atomic E-state index is -4.58. The van der Waals surface area contributed by atoms with Crippen molar-refractivity contribution in [2.45, 2.75) is 19.1 Å². The Morgan fingerprint density at radius 2 is 1.94 bits per heavy atom. The number of halogens is 3. The van der Waals surface area contributed by atoms with Crippen LogP contribution in [-0.2, 0) is 13.2 Å². The predicted molar refractivity (Wildman–Crippen MR) is 112 cm³/mol. The third-order valence-corrected chi connectivity index (χ3v) is 4.78. The van der Waals surface area contributed by atoms with Crippen LogP contribution in [0.3, 0.4) is 0 Å². The lowest BCUT2D eigenvalue weighted by Crippen LogP contribution is -2.15. The molecule has 11 heteroatoms. The molecule has 0 fully saturated rings. The van der Waals surface area contributed by atoms with Gasteiger partial charge in [0.1, 0.15) is 11.3 Å². The van der Waals surface area contributed by atoms with E-state index in [1.54, 1.807) is 42.3 Å². The molecular formula is C21H18F3N7O. The van der Waals surface area contributed by atoms with E-state index >= 15 is 0 Å². The van der Waals surface area contributed by atoms with Crippen molar-refractivity contribution in [3.8, 4) is 0 Å². The number of hydrogen-bond acceptors (Lipinski definition) is 6. The molecule has 0 bridgehead atoms. The van der Waals surface area contributed by atoms with Crippen LogP contribution < -0.4 is 10.6 Å². The molecule has 0 aliphatic rings. The van der Waals surface area contributed by atoms with Crippen LogP contribution in [0.25, 0.3) is 11.2 Å². The lowest BCUT2D eigenvalue weighted by atomic mass is 10.1. The number of aryl methyl sites for hydroxylation is 1. The van der Waals surface area contributed by atoms with Crippen LogP contribution >= 0.6 is 0 Å². The number of anilines is 2. The number of alkyl halides is 3. The summed E-state index contributed by atoms with van der Waals surface area (Å²) in [6, 6.07) is 7.55. The SMILES string of the molecule is C[C@H](Nc1cnc2cnn(C)c2n1)c1cccc(NC(=O)c2cncc(C(F)(F)F)c2)c1. The molecule has 0 saturated heterocycles. The maximum atomic E-state index is 12.9. The first-order valence-corrected chi connectivity index (χ1v) is 9.55. The monoisotopic (exact) mass is 441 g/mol. The molecular weight excluding hydrogens is 423 g/mol. The molecule has 4 rings (SSSR count). The molecule has 8 nitrogen and oxygen atoms in total. The zero-order chi connectivity index (χ0) is 22.9. The highest BCUT2D eigenvalue weighted by Gasteiger charge is 2.31. The highest BCUT2D eigenvalue weighted by molar-refractivity contribution is 6.04. The van der Waals surface area contributed by atoms with E-state index in [9.17, 15) is 18.0 Å². The lowest BCUT2D eigenvalue weighted by Gasteiger charge is -2.16. The first-order valence-electron chi connectivity index (χ1n) is 9.55. The van der Waals surface area contributed by atoms with Gasteiger partial charge in [-0.15, -0.1) is 0 Å². The number of benzene rings is 1. The molecule has 0 saturated carbocycles. The molecule has 0 unspecified atom stereocenters. The maximum absolute atomic E-state index is 12.9. The Balaban J connectivity index is 1.49. The molecule has 1 amide bonds. The number of hydrogen-bond donors (Lipinski definition) is 2. The summed E-state index contributed by atoms with van der Waals surface area (Å²) in [5.41, 5.74) is 1.42. The number of nitrogens with one attached hydrogen (secondary N) is 2. The Morgan fingerprint density at radius 3 is 2.72 bits per heavy atom. The van der Waals surface area contributed by atoms with E-state index in [0.717, 1.165) is 17.8 Å². The third kappa shape index (κ3) is 4.51. The normalized spacial score (nSPS) is 12.5. The van der Waals surface area contributed by atoms with Crippen LogP contribution in [-0.4, -0.2) is 30.6 Å². The van der Waals surface area contributed by atoms with Crippen molar-refractivity contribution in [3.05, 3.63) is 71.8 Å². The molecule has 1 atom stereocenters. The Kier molecular flexibility index (Phi) is 5.47. The van der Waals surface area contributed by atoms with Gasteiger partial charge in [0.15, 0.2) is 5.65 Å². The summed E-state index contributed by atoms with van der Waals surface area (Å²) >= 11 is 0. The van der Waals surface area contributed by atoms with Crippen molar-refractivity contribution in [1.82, 2.24) is 24.7 Å². The third-order valence-electron chi connectivity index (χ3n) is 4.78. The highest BCUT2D eigenvalue weighted by atomic mass is 19.4. The standard InChI is InChI=1S/C21H18F3N7O/c1-12(28-18-11-26-17-10-27-31(2)19(17)30-18)13-4-3-5-16(7-13)29-20(32)14-6-15(9-25-8-14)21(22,23)24/h3-12H,1-2H3,(H,28,30)(H,29,32)/t12-/m0/s1. The number of amides is 1. The molecule has 0 aliphatic heterocycles. The summed E-state index contributed by atoms with van der Waals surface area (Å²) in [7, 11) is 1.77. The largest absolute Gasteiger partial charge is 0.417 e. The number of carbonyl (C=O) groups is 1. The van der Waals surface area contributed by atoms with Crippen LogP contribution in [0.2, 0.25) is 0 Å². The molecule has 32 heavy (non-hydrogen) atoms. The van der Waals surface area contributed by atoms with Gasteiger partial charge in [0.2, 0.25) is 0 Å². The number of rotatable bonds is 5. The Hall–Kier alpha value is -4.02. The number of aromatic nitrogens is 5. The number of pyridine rings is 1. The van der Waals surface area contributed by atoms with Crippen molar-refractivity contribution in [3.63, 3.8) is 0 Å². The van der Waals surface area contributed by atoms with Gasteiger partial charge in [-0.05, 0) is 30.7 Å². The van der Waals surface area contributed by atoms with E-state index in [0.29, 0.717) is 28.9 Å². The summed E-state index contributed by atoms with van der Waals surface area (Å²) in [5.74, 6) is -0.132. The van der Waals surface area contributed by atoms with Gasteiger partial charge in [0.05, 0.1) is 29.6 Å². The highest BCUT2D eigenvalue weighted by Crippen LogP contribution is 2.29. The zero-order valence-electron chi connectivity index (χ0n) is 17.1. The molecule has 0 aliphatic carbocycles. The van der Waals surface area contributed by atoms with E-state index in [4.69, 9.17) is 0 Å². The van der Waals surface area contributed by atoms with Crippen LogP contribution in [0, 0.1) is 0 Å². The smallest absolute Gasteiger partial charge is 0.362 e. The minimum Gasteiger partial charge on any atom is -0.362 e. The molecule has 0 radical (unpaired) electrons. The van der Waals surface area contributed by atoms with Crippen molar-refractivity contribution in [2.75, 3.05) is 10.6 Å². The summed E-state index contributed by atoms with van der Waals surface area (Å²) in [6.45, 7) is 1.91. The van der Waals surface area contributed by atoms with Gasteiger partial charge in [-0.3, -0.25) is 9.78 Å². The molecule has 1 aromatic carbocycles. The summed E-state index contributed by atoms with van der Waals surface area (Å²) < 4.78 is 40.2. The fourth-order valence-corrected chi connectivity index (χ4v) is 3.10. The van der Waals surface area contributed by atoms with Crippen LogP contribution in [0.15, 0.2) is 55.1 Å². The first-order chi connectivity index (χ1) is 15.2. The van der Waals surface area contributed by atoms with E-state index in [-0.39, 0.29) is 11.6 Å². The van der Waals surface area contributed by atoms with Gasteiger partial charge in [-0.1, -0.05) is 12.1 Å². The average Bonchev–Trinajstić information content (AvgIpc) is 3.13. The van der Waals surface area contributed by atoms with Gasteiger partial charge >= 0.3 is 6.18 Å². The van der Waals surface area contributed by atoms with Crippen LogP contribution in [0.1, 0.15) is 34.5 Å². The Labute approximate surface area is 180 Å². The van der Waals surface area contributed by atoms with Gasteiger partial charge in [0, 0.05) is 25.1 Å². The topological polar surface area (TPSA) is 97.6 Å². The molecule has 4 aromatic rings. The lowest BCUT2D eigenvalue weighted by molar-refractivity contribution is -0.137. The summed E-state index contributed by atoms with van der Waals surface area (Å²) in [6.07, 6.45) is 0.419. The van der Waals surface area contributed by atoms with Crippen molar-refractivity contribution < 1.29 is 18.0 Å². The zero-order valence-corrected chi connectivity index (χ0v) is 17.1. The predicted octanol–water partition coefficient (Wildman–Crippen LogP) is 4.20. The van der Waals surface area contributed by atoms with Crippen molar-refractivity contribution in [2.24, 2.45) is 7.05 Å². The quantitative estimate of drug-likeness (QED) is 0.482. The fourth-order valence-electron chi connectivity index (χ4n) is 3.10. The van der Waals surface area contributed by atoms with Gasteiger partial charge < -0.3 is 10.6 Å². The Bertz CT molecular complexity index is 1290. The molecule has 3 heterocycles. The number of fused-ring (bicyclic) bond motifs is 1. The van der Waals surface area contributed by atoms with E-state index < -0.39 is 17.6 Å². The fraction of sp³-hybridized carbons (Fsp3) is 0.190. The van der Waals surface area contributed by atoms with Gasteiger partial charge in [-0.2, -0.15) is 18.3 Å². The van der Waals surface area contributed by atoms with Gasteiger partial charge in [0.25, 0.3) is 5.91 Å². The molecule has 2 N–H and O–H groups in total. The van der Waals surface area contributed by atoms with Gasteiger partial charge in [-0.25, -0.2) is 14.6 Å².